The van der Waals surface area contributed by atoms with Crippen LogP contribution in [0.4, 0.5) is 0 Å². The summed E-state index contributed by atoms with van der Waals surface area (Å²) in [4.78, 5) is 6.41. The zero-order valence-electron chi connectivity index (χ0n) is 12.1. The molecule has 0 unspecified atom stereocenters. The Hall–Kier alpha value is -1.01. The maximum Gasteiger partial charge on any atom is 0.0731 e. The molecule has 1 aliphatic rings. The molecule has 0 saturated carbocycles. The average Bonchev–Trinajstić information content (AvgIpc) is 2.43. The third-order valence-corrected chi connectivity index (χ3v) is 2.49. The van der Waals surface area contributed by atoms with Crippen molar-refractivity contribution in [2.24, 2.45) is 0 Å². The largest absolute Gasteiger partial charge is 0.380 e. The van der Waals surface area contributed by atoms with Gasteiger partial charge in [-0.2, -0.15) is 0 Å². The Balaban J connectivity index is 0.000000250. The van der Waals surface area contributed by atoms with E-state index in [-0.39, 0.29) is 0 Å². The first-order valence-corrected chi connectivity index (χ1v) is 6.46. The van der Waals surface area contributed by atoms with Crippen LogP contribution in [0.3, 0.4) is 0 Å². The van der Waals surface area contributed by atoms with Gasteiger partial charge >= 0.3 is 0 Å². The van der Waals surface area contributed by atoms with Crippen LogP contribution in [0, 0.1) is 0 Å². The first-order chi connectivity index (χ1) is 9.24. The molecular weight excluding hydrogens is 244 g/mol. The normalized spacial score (nSPS) is 14.9. The lowest BCUT2D eigenvalue weighted by molar-refractivity contribution is -0.0334. The van der Waals surface area contributed by atoms with Crippen LogP contribution in [-0.4, -0.2) is 57.5 Å². The third-order valence-electron chi connectivity index (χ3n) is 2.49. The van der Waals surface area contributed by atoms with Gasteiger partial charge in [0, 0.05) is 25.4 Å². The quantitative estimate of drug-likeness (QED) is 0.824. The summed E-state index contributed by atoms with van der Waals surface area (Å²) < 4.78 is 15.0. The second kappa shape index (κ2) is 9.86. The number of methoxy groups -OCH3 is 1. The fourth-order valence-corrected chi connectivity index (χ4v) is 1.64. The van der Waals surface area contributed by atoms with Crippen molar-refractivity contribution in [1.29, 1.82) is 0 Å². The minimum atomic E-state index is 0.636. The fraction of sp³-hybridized carbons (Fsp3) is 0.643. The smallest absolute Gasteiger partial charge is 0.0731 e. The molecule has 0 radical (unpaired) electrons. The van der Waals surface area contributed by atoms with E-state index in [4.69, 9.17) is 14.2 Å². The summed E-state index contributed by atoms with van der Waals surface area (Å²) in [7, 11) is 5.77. The van der Waals surface area contributed by atoms with Gasteiger partial charge in [0.25, 0.3) is 0 Å². The highest BCUT2D eigenvalue weighted by Gasteiger charge is 2.03. The van der Waals surface area contributed by atoms with Gasteiger partial charge in [-0.05, 0) is 20.2 Å². The molecule has 2 rings (SSSR count). The second-order valence-electron chi connectivity index (χ2n) is 4.50. The Morgan fingerprint density at radius 3 is 2.32 bits per heavy atom. The van der Waals surface area contributed by atoms with Gasteiger partial charge in [-0.15, -0.1) is 0 Å². The predicted molar refractivity (Wildman–Crippen MR) is 74.0 cm³/mol. The number of rotatable bonds is 4. The Labute approximate surface area is 115 Å². The van der Waals surface area contributed by atoms with E-state index in [1.807, 2.05) is 26.4 Å². The van der Waals surface area contributed by atoms with Gasteiger partial charge in [0.05, 0.1) is 38.7 Å². The molecule has 2 heterocycles. The van der Waals surface area contributed by atoms with Crippen molar-refractivity contribution in [2.45, 2.75) is 13.2 Å². The number of ether oxygens (including phenoxy) is 3. The van der Waals surface area contributed by atoms with E-state index in [1.54, 1.807) is 7.11 Å². The van der Waals surface area contributed by atoms with E-state index in [2.05, 4.69) is 16.0 Å². The highest BCUT2D eigenvalue weighted by molar-refractivity contribution is 5.18. The summed E-state index contributed by atoms with van der Waals surface area (Å²) in [5, 5.41) is 0. The molecule has 1 saturated heterocycles. The lowest BCUT2D eigenvalue weighted by Gasteiger charge is -2.12. The molecule has 0 spiro atoms. The Morgan fingerprint density at radius 2 is 1.84 bits per heavy atom. The van der Waals surface area contributed by atoms with Crippen LogP contribution in [0.25, 0.3) is 0 Å². The van der Waals surface area contributed by atoms with Crippen LogP contribution in [0.1, 0.15) is 11.3 Å². The van der Waals surface area contributed by atoms with Crippen LogP contribution in [0.2, 0.25) is 0 Å². The molecule has 108 valence electrons. The van der Waals surface area contributed by atoms with Gasteiger partial charge in [0.2, 0.25) is 0 Å². The van der Waals surface area contributed by atoms with E-state index in [0.717, 1.165) is 38.7 Å². The van der Waals surface area contributed by atoms with Crippen LogP contribution in [0.15, 0.2) is 18.3 Å². The van der Waals surface area contributed by atoms with Crippen LogP contribution in [-0.2, 0) is 27.4 Å². The average molecular weight is 268 g/mol. The van der Waals surface area contributed by atoms with Crippen molar-refractivity contribution < 1.29 is 14.2 Å². The highest BCUT2D eigenvalue weighted by Crippen LogP contribution is 2.07. The zero-order chi connectivity index (χ0) is 13.9. The molecule has 0 atom stereocenters. The molecule has 0 amide bonds. The minimum absolute atomic E-state index is 0.636. The van der Waals surface area contributed by atoms with Gasteiger partial charge in [0.15, 0.2) is 0 Å². The first-order valence-electron chi connectivity index (χ1n) is 6.46. The van der Waals surface area contributed by atoms with E-state index < -0.39 is 0 Å². The number of pyridine rings is 1. The molecule has 0 bridgehead atoms. The summed E-state index contributed by atoms with van der Waals surface area (Å²) >= 11 is 0. The van der Waals surface area contributed by atoms with Crippen molar-refractivity contribution in [3.05, 3.63) is 29.6 Å². The van der Waals surface area contributed by atoms with Gasteiger partial charge in [-0.25, -0.2) is 0 Å². The SMILES string of the molecule is C1COCCO1.COCc1cccnc1CN(C)C. The third kappa shape index (κ3) is 7.22. The Kier molecular flexibility index (Phi) is 8.33. The molecule has 0 aliphatic carbocycles. The molecule has 5 nitrogen and oxygen atoms in total. The lowest BCUT2D eigenvalue weighted by Crippen LogP contribution is -2.16. The van der Waals surface area contributed by atoms with E-state index in [0.29, 0.717) is 6.61 Å². The molecule has 1 aromatic heterocycles. The molecule has 5 heteroatoms. The molecule has 1 fully saturated rings. The summed E-state index contributed by atoms with van der Waals surface area (Å²) in [6, 6.07) is 3.99. The topological polar surface area (TPSA) is 43.8 Å². The molecular formula is C14H24N2O3. The second-order valence-corrected chi connectivity index (χ2v) is 4.50. The summed E-state index contributed by atoms with van der Waals surface area (Å²) in [6.07, 6.45) is 1.82. The van der Waals surface area contributed by atoms with Crippen LogP contribution in [0.5, 0.6) is 0 Å². The first kappa shape index (κ1) is 16.0. The highest BCUT2D eigenvalue weighted by atomic mass is 16.6. The van der Waals surface area contributed by atoms with Crippen molar-refractivity contribution in [3.8, 4) is 0 Å². The van der Waals surface area contributed by atoms with Crippen molar-refractivity contribution >= 4 is 0 Å². The van der Waals surface area contributed by atoms with Crippen molar-refractivity contribution in [3.63, 3.8) is 0 Å². The van der Waals surface area contributed by atoms with Crippen molar-refractivity contribution in [1.82, 2.24) is 9.88 Å². The minimum Gasteiger partial charge on any atom is -0.380 e. The summed E-state index contributed by atoms with van der Waals surface area (Å²) in [5.41, 5.74) is 2.26. The maximum atomic E-state index is 5.09. The predicted octanol–water partition coefficient (Wildman–Crippen LogP) is 1.32. The van der Waals surface area contributed by atoms with E-state index >= 15 is 0 Å². The van der Waals surface area contributed by atoms with E-state index in [9.17, 15) is 0 Å². The number of nitrogens with zero attached hydrogens (tertiary/aromatic N) is 2. The standard InChI is InChI=1S/C10H16N2O.C4H8O2/c1-12(2)7-10-9(8-13-3)5-4-6-11-10;1-2-6-4-3-5-1/h4-6H,7-8H2,1-3H3;1-4H2. The molecule has 19 heavy (non-hydrogen) atoms. The number of aromatic nitrogens is 1. The maximum absolute atomic E-state index is 5.09. The zero-order valence-corrected chi connectivity index (χ0v) is 12.1. The lowest BCUT2D eigenvalue weighted by atomic mass is 10.2. The van der Waals surface area contributed by atoms with Gasteiger partial charge in [-0.1, -0.05) is 6.07 Å². The number of hydrogen-bond donors (Lipinski definition) is 0. The van der Waals surface area contributed by atoms with Gasteiger partial charge in [-0.3, -0.25) is 4.98 Å². The molecule has 1 aromatic rings. The van der Waals surface area contributed by atoms with E-state index in [1.165, 1.54) is 5.56 Å². The van der Waals surface area contributed by atoms with Crippen LogP contribution >= 0.6 is 0 Å². The van der Waals surface area contributed by atoms with Gasteiger partial charge < -0.3 is 19.1 Å². The summed E-state index contributed by atoms with van der Waals surface area (Å²) in [5.74, 6) is 0. The molecule has 0 N–H and O–H groups in total. The van der Waals surface area contributed by atoms with Crippen LogP contribution < -0.4 is 0 Å². The van der Waals surface area contributed by atoms with Crippen molar-refractivity contribution in [2.75, 3.05) is 47.6 Å². The fourth-order valence-electron chi connectivity index (χ4n) is 1.64. The van der Waals surface area contributed by atoms with Gasteiger partial charge in [0.1, 0.15) is 0 Å². The monoisotopic (exact) mass is 268 g/mol. The Morgan fingerprint density at radius 1 is 1.21 bits per heavy atom. The summed E-state index contributed by atoms with van der Waals surface area (Å²) in [6.45, 7) is 4.61. The number of hydrogen-bond acceptors (Lipinski definition) is 5. The molecule has 1 aliphatic heterocycles. The molecule has 0 aromatic carbocycles. The Bertz CT molecular complexity index is 330.